The lowest BCUT2D eigenvalue weighted by atomic mass is 10.2. The Morgan fingerprint density at radius 3 is 2.90 bits per heavy atom. The van der Waals surface area contributed by atoms with Crippen molar-refractivity contribution in [2.24, 2.45) is 0 Å². The first kappa shape index (κ1) is 20.6. The van der Waals surface area contributed by atoms with Crippen LogP contribution in [0.4, 0.5) is 4.39 Å². The molecular formula is C21H24FN5O2S. The molecule has 3 heterocycles. The lowest BCUT2D eigenvalue weighted by Crippen LogP contribution is -2.17. The summed E-state index contributed by atoms with van der Waals surface area (Å²) in [5.41, 5.74) is 3.22. The van der Waals surface area contributed by atoms with Gasteiger partial charge in [0.05, 0.1) is 11.9 Å². The van der Waals surface area contributed by atoms with Crippen LogP contribution >= 0.6 is 11.8 Å². The van der Waals surface area contributed by atoms with E-state index in [9.17, 15) is 9.18 Å². The molecule has 1 aromatic carbocycles. The maximum absolute atomic E-state index is 13.5. The van der Waals surface area contributed by atoms with Gasteiger partial charge in [-0.2, -0.15) is 0 Å². The zero-order chi connectivity index (χ0) is 21.3. The van der Waals surface area contributed by atoms with Gasteiger partial charge in [-0.15, -0.1) is 10.2 Å². The fourth-order valence-electron chi connectivity index (χ4n) is 3.76. The summed E-state index contributed by atoms with van der Waals surface area (Å²) in [6.07, 6.45) is 2.35. The maximum Gasteiger partial charge on any atom is 0.210 e. The van der Waals surface area contributed by atoms with Crippen molar-refractivity contribution in [3.63, 3.8) is 0 Å². The van der Waals surface area contributed by atoms with Gasteiger partial charge < -0.3 is 15.1 Å². The molecule has 30 heavy (non-hydrogen) atoms. The van der Waals surface area contributed by atoms with Crippen LogP contribution in [0.5, 0.6) is 0 Å². The number of ether oxygens (including phenoxy) is 1. The zero-order valence-corrected chi connectivity index (χ0v) is 17.8. The molecule has 4 rings (SSSR count). The van der Waals surface area contributed by atoms with Crippen molar-refractivity contribution in [2.75, 3.05) is 18.2 Å². The molecule has 1 atom stereocenters. The predicted molar refractivity (Wildman–Crippen MR) is 114 cm³/mol. The van der Waals surface area contributed by atoms with Gasteiger partial charge in [-0.3, -0.25) is 4.79 Å². The largest absolute Gasteiger partial charge is 0.376 e. The number of nitrogens with two attached hydrogens (primary N) is 1. The van der Waals surface area contributed by atoms with Crippen molar-refractivity contribution in [1.29, 1.82) is 0 Å². The van der Waals surface area contributed by atoms with Crippen molar-refractivity contribution in [3.05, 3.63) is 53.1 Å². The van der Waals surface area contributed by atoms with Crippen molar-refractivity contribution in [3.8, 4) is 11.4 Å². The second-order valence-electron chi connectivity index (χ2n) is 7.43. The number of hydrogen-bond donors (Lipinski definition) is 1. The molecule has 0 bridgehead atoms. The van der Waals surface area contributed by atoms with Crippen molar-refractivity contribution >= 4 is 17.5 Å². The third-order valence-electron chi connectivity index (χ3n) is 5.36. The van der Waals surface area contributed by atoms with E-state index in [-0.39, 0.29) is 23.5 Å². The molecular weight excluding hydrogens is 405 g/mol. The third kappa shape index (κ3) is 4.13. The molecule has 2 aromatic heterocycles. The molecule has 1 aliphatic heterocycles. The quantitative estimate of drug-likeness (QED) is 0.352. The Labute approximate surface area is 178 Å². The molecule has 0 spiro atoms. The van der Waals surface area contributed by atoms with E-state index >= 15 is 0 Å². The van der Waals surface area contributed by atoms with Gasteiger partial charge in [0.25, 0.3) is 0 Å². The van der Waals surface area contributed by atoms with Gasteiger partial charge >= 0.3 is 0 Å². The Morgan fingerprint density at radius 2 is 2.17 bits per heavy atom. The smallest absolute Gasteiger partial charge is 0.210 e. The summed E-state index contributed by atoms with van der Waals surface area (Å²) in [6, 6.07) is 7.92. The fourth-order valence-corrected chi connectivity index (χ4v) is 4.50. The number of halogens is 1. The molecule has 0 saturated carbocycles. The average molecular weight is 430 g/mol. The molecule has 1 aliphatic rings. The van der Waals surface area contributed by atoms with Crippen LogP contribution in [-0.2, 0) is 11.3 Å². The molecule has 7 nitrogen and oxygen atoms in total. The van der Waals surface area contributed by atoms with Gasteiger partial charge in [0.1, 0.15) is 5.82 Å². The van der Waals surface area contributed by atoms with Crippen LogP contribution in [0.15, 0.2) is 35.5 Å². The number of Topliss-reactive ketones (excluding diaryl/α,β-unsaturated/α-hetero) is 1. The number of hydrogen-bond acceptors (Lipinski definition) is 6. The Hall–Kier alpha value is -2.65. The van der Waals surface area contributed by atoms with Crippen LogP contribution in [0.1, 0.15) is 34.6 Å². The number of aromatic nitrogens is 4. The second-order valence-corrected chi connectivity index (χ2v) is 8.37. The normalized spacial score (nSPS) is 16.3. The summed E-state index contributed by atoms with van der Waals surface area (Å²) < 4.78 is 22.7. The van der Waals surface area contributed by atoms with E-state index < -0.39 is 0 Å². The van der Waals surface area contributed by atoms with Crippen LogP contribution in [0.2, 0.25) is 0 Å². The molecule has 158 valence electrons. The number of thioether (sulfide) groups is 1. The number of ketones is 1. The molecule has 0 radical (unpaired) electrons. The van der Waals surface area contributed by atoms with Crippen LogP contribution in [0.25, 0.3) is 11.4 Å². The molecule has 0 aliphatic carbocycles. The molecule has 1 unspecified atom stereocenters. The van der Waals surface area contributed by atoms with E-state index in [4.69, 9.17) is 10.6 Å². The number of benzene rings is 1. The van der Waals surface area contributed by atoms with E-state index in [1.165, 1.54) is 28.6 Å². The predicted octanol–water partition coefficient (Wildman–Crippen LogP) is 3.37. The van der Waals surface area contributed by atoms with Crippen LogP contribution in [-0.4, -0.2) is 43.7 Å². The second kappa shape index (κ2) is 8.61. The molecule has 9 heteroatoms. The highest BCUT2D eigenvalue weighted by atomic mass is 32.2. The lowest BCUT2D eigenvalue weighted by molar-refractivity contribution is 0.0957. The summed E-state index contributed by atoms with van der Waals surface area (Å²) in [6.45, 7) is 5.55. The van der Waals surface area contributed by atoms with Gasteiger partial charge in [-0.1, -0.05) is 23.9 Å². The van der Waals surface area contributed by atoms with Crippen molar-refractivity contribution in [2.45, 2.75) is 44.5 Å². The Morgan fingerprint density at radius 1 is 1.33 bits per heavy atom. The van der Waals surface area contributed by atoms with Gasteiger partial charge in [0, 0.05) is 35.7 Å². The summed E-state index contributed by atoms with van der Waals surface area (Å²) in [5.74, 6) is 6.23. The van der Waals surface area contributed by atoms with Gasteiger partial charge in [-0.05, 0) is 44.9 Å². The highest BCUT2D eigenvalue weighted by molar-refractivity contribution is 7.99. The number of rotatable bonds is 7. The molecule has 0 amide bonds. The monoisotopic (exact) mass is 429 g/mol. The third-order valence-corrected chi connectivity index (χ3v) is 6.31. The Balaban J connectivity index is 1.45. The maximum atomic E-state index is 13.5. The minimum atomic E-state index is -0.377. The molecule has 1 fully saturated rings. The number of nitrogens with zero attached hydrogens (tertiary/aromatic N) is 4. The highest BCUT2D eigenvalue weighted by Crippen LogP contribution is 2.25. The number of nitrogen functional groups attached to an aromatic ring is 1. The molecule has 3 aromatic rings. The van der Waals surface area contributed by atoms with Gasteiger partial charge in [-0.25, -0.2) is 9.07 Å². The first-order chi connectivity index (χ1) is 14.4. The van der Waals surface area contributed by atoms with E-state index in [0.29, 0.717) is 22.1 Å². The van der Waals surface area contributed by atoms with Crippen molar-refractivity contribution < 1.29 is 13.9 Å². The Kier molecular flexibility index (Phi) is 5.92. The average Bonchev–Trinajstić information content (AvgIpc) is 3.43. The first-order valence-electron chi connectivity index (χ1n) is 9.85. The van der Waals surface area contributed by atoms with E-state index in [1.54, 1.807) is 12.1 Å². The van der Waals surface area contributed by atoms with E-state index in [0.717, 1.165) is 37.4 Å². The van der Waals surface area contributed by atoms with Crippen molar-refractivity contribution in [1.82, 2.24) is 19.4 Å². The standard InChI is InChI=1S/C21H24FN5O2S/c1-13-9-18(14(2)26(13)11-17-7-4-8-29-17)19(28)12-30-21-25-24-20(27(21)23)15-5-3-6-16(22)10-15/h3,5-6,9-10,17H,4,7-8,11-12,23H2,1-2H3. The highest BCUT2D eigenvalue weighted by Gasteiger charge is 2.22. The summed E-state index contributed by atoms with van der Waals surface area (Å²) >= 11 is 1.21. The van der Waals surface area contributed by atoms with Crippen LogP contribution in [0.3, 0.4) is 0 Å². The number of carbonyl (C=O) groups is 1. The van der Waals surface area contributed by atoms with E-state index in [2.05, 4.69) is 14.8 Å². The minimum Gasteiger partial charge on any atom is -0.376 e. The fraction of sp³-hybridized carbons (Fsp3) is 0.381. The number of aryl methyl sites for hydroxylation is 1. The van der Waals surface area contributed by atoms with Gasteiger partial charge in [0.2, 0.25) is 5.16 Å². The Bertz CT molecular complexity index is 1070. The molecule has 1 saturated heterocycles. The SMILES string of the molecule is Cc1cc(C(=O)CSc2nnc(-c3cccc(F)c3)n2N)c(C)n1CC1CCCO1. The van der Waals surface area contributed by atoms with Crippen LogP contribution in [0, 0.1) is 19.7 Å². The first-order valence-corrected chi connectivity index (χ1v) is 10.8. The molecule has 2 N–H and O–H groups in total. The van der Waals surface area contributed by atoms with Gasteiger partial charge in [0.15, 0.2) is 11.6 Å². The lowest BCUT2D eigenvalue weighted by Gasteiger charge is -2.14. The summed E-state index contributed by atoms with van der Waals surface area (Å²) in [4.78, 5) is 12.9. The van der Waals surface area contributed by atoms with E-state index in [1.807, 2.05) is 19.9 Å². The summed E-state index contributed by atoms with van der Waals surface area (Å²) in [5, 5.41) is 8.50. The summed E-state index contributed by atoms with van der Waals surface area (Å²) in [7, 11) is 0. The minimum absolute atomic E-state index is 0.00185. The zero-order valence-electron chi connectivity index (χ0n) is 17.0. The number of carbonyl (C=O) groups excluding carboxylic acids is 1. The topological polar surface area (TPSA) is 88.0 Å². The van der Waals surface area contributed by atoms with Crippen LogP contribution < -0.4 is 5.84 Å².